The topological polar surface area (TPSA) is 59.4 Å². The van der Waals surface area contributed by atoms with Crippen LogP contribution in [-0.2, 0) is 0 Å². The van der Waals surface area contributed by atoms with E-state index < -0.39 is 23.5 Å². The number of pyridine rings is 1. The van der Waals surface area contributed by atoms with E-state index in [-0.39, 0.29) is 10.4 Å². The first-order valence-corrected chi connectivity index (χ1v) is 4.52. The predicted octanol–water partition coefficient (Wildman–Crippen LogP) is 2.49. The lowest BCUT2D eigenvalue weighted by Crippen LogP contribution is -2.07. The molecule has 1 rings (SSSR count). The van der Waals surface area contributed by atoms with Crippen molar-refractivity contribution < 1.29 is 23.4 Å². The fourth-order valence-electron chi connectivity index (χ4n) is 1.06. The van der Waals surface area contributed by atoms with Gasteiger partial charge in [0, 0.05) is 6.20 Å². The van der Waals surface area contributed by atoms with Crippen molar-refractivity contribution >= 4 is 21.9 Å². The van der Waals surface area contributed by atoms with Crippen LogP contribution in [0.15, 0.2) is 10.8 Å². The fraction of sp³-hybridized carbons (Fsp3) is 0.250. The predicted molar refractivity (Wildman–Crippen MR) is 50.4 cm³/mol. The van der Waals surface area contributed by atoms with E-state index in [1.165, 1.54) is 7.11 Å². The molecule has 0 unspecified atom stereocenters. The zero-order valence-electron chi connectivity index (χ0n) is 7.50. The molecule has 0 saturated carbocycles. The maximum Gasteiger partial charge on any atom is 0.340 e. The molecule has 0 atom stereocenters. The number of carboxylic acid groups (broad SMARTS) is 1. The Bertz CT molecular complexity index is 398. The Balaban J connectivity index is 3.49. The van der Waals surface area contributed by atoms with Gasteiger partial charge in [-0.25, -0.2) is 18.6 Å². The molecule has 0 spiro atoms. The summed E-state index contributed by atoms with van der Waals surface area (Å²) in [4.78, 5) is 14.4. The van der Waals surface area contributed by atoms with Crippen molar-refractivity contribution in [2.75, 3.05) is 7.11 Å². The Morgan fingerprint density at radius 3 is 2.67 bits per heavy atom. The van der Waals surface area contributed by atoms with Crippen molar-refractivity contribution in [3.05, 3.63) is 21.9 Å². The average Bonchev–Trinajstić information content (AvgIpc) is 2.16. The van der Waals surface area contributed by atoms with Crippen LogP contribution in [-0.4, -0.2) is 23.2 Å². The summed E-state index contributed by atoms with van der Waals surface area (Å²) in [7, 11) is 1.18. The van der Waals surface area contributed by atoms with E-state index in [9.17, 15) is 13.6 Å². The van der Waals surface area contributed by atoms with Crippen LogP contribution in [0.1, 0.15) is 22.3 Å². The van der Waals surface area contributed by atoms with Crippen LogP contribution >= 0.6 is 15.9 Å². The molecule has 0 aliphatic heterocycles. The molecule has 1 N–H and O–H groups in total. The Kier molecular flexibility index (Phi) is 3.57. The number of ether oxygens (including phenoxy) is 1. The summed E-state index contributed by atoms with van der Waals surface area (Å²) in [5.41, 5.74) is -1.24. The molecule has 1 aromatic rings. The summed E-state index contributed by atoms with van der Waals surface area (Å²) < 4.78 is 29.7. The lowest BCUT2D eigenvalue weighted by Gasteiger charge is -2.10. The highest BCUT2D eigenvalue weighted by Crippen LogP contribution is 2.33. The van der Waals surface area contributed by atoms with E-state index in [2.05, 4.69) is 20.9 Å². The molecule has 7 heteroatoms. The fourth-order valence-corrected chi connectivity index (χ4v) is 1.52. The van der Waals surface area contributed by atoms with Crippen LogP contribution in [0.3, 0.4) is 0 Å². The smallest absolute Gasteiger partial charge is 0.340 e. The minimum absolute atomic E-state index is 0.0757. The van der Waals surface area contributed by atoms with Gasteiger partial charge in [-0.1, -0.05) is 0 Å². The average molecular weight is 282 g/mol. The lowest BCUT2D eigenvalue weighted by molar-refractivity contribution is 0.0679. The van der Waals surface area contributed by atoms with Gasteiger partial charge < -0.3 is 9.84 Å². The summed E-state index contributed by atoms with van der Waals surface area (Å²) in [5.74, 6) is -1.69. The highest BCUT2D eigenvalue weighted by Gasteiger charge is 2.25. The Morgan fingerprint density at radius 2 is 2.27 bits per heavy atom. The molecule has 0 aliphatic carbocycles. The van der Waals surface area contributed by atoms with Crippen molar-refractivity contribution in [3.63, 3.8) is 0 Å². The van der Waals surface area contributed by atoms with E-state index in [1.54, 1.807) is 0 Å². The van der Waals surface area contributed by atoms with E-state index in [4.69, 9.17) is 9.84 Å². The largest absolute Gasteiger partial charge is 0.493 e. The Morgan fingerprint density at radius 1 is 1.67 bits per heavy atom. The molecule has 82 valence electrons. The zero-order valence-corrected chi connectivity index (χ0v) is 9.09. The molecule has 0 amide bonds. The number of rotatable bonds is 3. The number of aromatic carboxylic acids is 1. The number of carbonyl (C=O) groups is 1. The summed E-state index contributed by atoms with van der Waals surface area (Å²) in [6.07, 6.45) is -2.11. The molecule has 0 fully saturated rings. The quantitative estimate of drug-likeness (QED) is 0.865. The molecule has 1 heterocycles. The molecular formula is C8H6BrF2NO3. The summed E-state index contributed by atoms with van der Waals surface area (Å²) in [6.45, 7) is 0. The van der Waals surface area contributed by atoms with Crippen molar-refractivity contribution in [1.82, 2.24) is 4.98 Å². The van der Waals surface area contributed by atoms with Gasteiger partial charge in [-0.3, -0.25) is 0 Å². The maximum absolute atomic E-state index is 12.5. The second-order valence-electron chi connectivity index (χ2n) is 2.52. The standard InChI is InChI=1S/C8H6BrF2NO3/c1-15-5-4(8(13)14)3(7(10)11)2-12-6(5)9/h2,7H,1H3,(H,13,14). The van der Waals surface area contributed by atoms with E-state index >= 15 is 0 Å². The van der Waals surface area contributed by atoms with Gasteiger partial charge in [0.25, 0.3) is 6.43 Å². The van der Waals surface area contributed by atoms with Crippen molar-refractivity contribution in [2.24, 2.45) is 0 Å². The third-order valence-electron chi connectivity index (χ3n) is 1.67. The molecule has 0 bridgehead atoms. The van der Waals surface area contributed by atoms with Crippen molar-refractivity contribution in [3.8, 4) is 5.75 Å². The summed E-state index contributed by atoms with van der Waals surface area (Å²) in [6, 6.07) is 0. The minimum Gasteiger partial charge on any atom is -0.493 e. The van der Waals surface area contributed by atoms with Crippen LogP contribution in [0, 0.1) is 0 Å². The van der Waals surface area contributed by atoms with Crippen molar-refractivity contribution in [1.29, 1.82) is 0 Å². The summed E-state index contributed by atoms with van der Waals surface area (Å²) >= 11 is 2.91. The Hall–Kier alpha value is -1.24. The number of carboxylic acids is 1. The number of alkyl halides is 2. The molecule has 0 aromatic carbocycles. The number of methoxy groups -OCH3 is 1. The first-order chi connectivity index (χ1) is 6.99. The molecular weight excluding hydrogens is 276 g/mol. The van der Waals surface area contributed by atoms with Crippen LogP contribution in [0.25, 0.3) is 0 Å². The SMILES string of the molecule is COc1c(Br)ncc(C(F)F)c1C(=O)O. The second kappa shape index (κ2) is 4.52. The highest BCUT2D eigenvalue weighted by atomic mass is 79.9. The van der Waals surface area contributed by atoms with Crippen LogP contribution in [0.4, 0.5) is 8.78 Å². The first-order valence-electron chi connectivity index (χ1n) is 3.72. The molecule has 1 aromatic heterocycles. The van der Waals surface area contributed by atoms with Gasteiger partial charge in [0.2, 0.25) is 0 Å². The number of aromatic nitrogens is 1. The molecule has 0 radical (unpaired) electrons. The number of halogens is 3. The molecule has 0 aliphatic rings. The third-order valence-corrected chi connectivity index (χ3v) is 2.24. The van der Waals surface area contributed by atoms with E-state index in [1.807, 2.05) is 0 Å². The van der Waals surface area contributed by atoms with Crippen LogP contribution in [0.5, 0.6) is 5.75 Å². The van der Waals surface area contributed by atoms with Gasteiger partial charge in [0.15, 0.2) is 5.75 Å². The molecule has 15 heavy (non-hydrogen) atoms. The van der Waals surface area contributed by atoms with Gasteiger partial charge in [0.05, 0.1) is 12.7 Å². The van der Waals surface area contributed by atoms with E-state index in [0.29, 0.717) is 0 Å². The Labute approximate surface area is 92.0 Å². The van der Waals surface area contributed by atoms with Gasteiger partial charge in [-0.15, -0.1) is 0 Å². The van der Waals surface area contributed by atoms with Gasteiger partial charge >= 0.3 is 5.97 Å². The summed E-state index contributed by atoms with van der Waals surface area (Å²) in [5, 5.41) is 8.79. The van der Waals surface area contributed by atoms with Gasteiger partial charge in [-0.05, 0) is 15.9 Å². The van der Waals surface area contributed by atoms with Crippen molar-refractivity contribution in [2.45, 2.75) is 6.43 Å². The molecule has 0 saturated heterocycles. The zero-order chi connectivity index (χ0) is 11.6. The van der Waals surface area contributed by atoms with E-state index in [0.717, 1.165) is 6.20 Å². The van der Waals surface area contributed by atoms with Gasteiger partial charge in [-0.2, -0.15) is 0 Å². The van der Waals surface area contributed by atoms with Gasteiger partial charge in [0.1, 0.15) is 10.2 Å². The lowest BCUT2D eigenvalue weighted by atomic mass is 10.1. The monoisotopic (exact) mass is 281 g/mol. The highest BCUT2D eigenvalue weighted by molar-refractivity contribution is 9.10. The third kappa shape index (κ3) is 2.23. The number of nitrogens with zero attached hydrogens (tertiary/aromatic N) is 1. The molecule has 4 nitrogen and oxygen atoms in total. The number of hydrogen-bond acceptors (Lipinski definition) is 3. The maximum atomic E-state index is 12.5. The van der Waals surface area contributed by atoms with Crippen LogP contribution in [0.2, 0.25) is 0 Å². The van der Waals surface area contributed by atoms with Crippen LogP contribution < -0.4 is 4.74 Å². The second-order valence-corrected chi connectivity index (χ2v) is 3.27. The first kappa shape index (κ1) is 11.8. The normalized spacial score (nSPS) is 10.5. The minimum atomic E-state index is -2.91. The number of hydrogen-bond donors (Lipinski definition) is 1.